The van der Waals surface area contributed by atoms with Crippen molar-refractivity contribution in [3.05, 3.63) is 6.33 Å². The van der Waals surface area contributed by atoms with Gasteiger partial charge in [-0.3, -0.25) is 0 Å². The summed E-state index contributed by atoms with van der Waals surface area (Å²) in [6, 6.07) is 0. The van der Waals surface area contributed by atoms with Crippen molar-refractivity contribution < 1.29 is 4.74 Å². The Balaban J connectivity index is 2.10. The molecule has 5 heteroatoms. The summed E-state index contributed by atoms with van der Waals surface area (Å²) in [7, 11) is 3.48. The maximum atomic E-state index is 5.40. The van der Waals surface area contributed by atoms with Crippen LogP contribution in [0, 0.1) is 5.41 Å². The van der Waals surface area contributed by atoms with Crippen LogP contribution in [0.1, 0.15) is 39.0 Å². The number of anilines is 2. The van der Waals surface area contributed by atoms with E-state index in [1.54, 1.807) is 13.4 Å². The molecule has 2 N–H and O–H groups in total. The third-order valence-electron chi connectivity index (χ3n) is 4.29. The molecule has 0 saturated heterocycles. The first-order chi connectivity index (χ1) is 9.24. The van der Waals surface area contributed by atoms with E-state index in [2.05, 4.69) is 27.5 Å². The molecule has 0 aliphatic heterocycles. The summed E-state index contributed by atoms with van der Waals surface area (Å²) in [4.78, 5) is 8.46. The fraction of sp³-hybridized carbons (Fsp3) is 0.714. The zero-order valence-corrected chi connectivity index (χ0v) is 12.1. The average Bonchev–Trinajstić information content (AvgIpc) is 2.94. The van der Waals surface area contributed by atoms with Crippen molar-refractivity contribution in [2.45, 2.75) is 39.0 Å². The first-order valence-corrected chi connectivity index (χ1v) is 7.05. The van der Waals surface area contributed by atoms with Crippen LogP contribution in [0.3, 0.4) is 0 Å². The van der Waals surface area contributed by atoms with Crippen molar-refractivity contribution in [1.29, 1.82) is 0 Å². The van der Waals surface area contributed by atoms with Crippen LogP contribution in [-0.4, -0.2) is 30.7 Å². The largest absolute Gasteiger partial charge is 0.490 e. The molecule has 0 spiro atoms. The number of rotatable bonds is 6. The molecule has 1 saturated carbocycles. The van der Waals surface area contributed by atoms with Gasteiger partial charge < -0.3 is 15.4 Å². The lowest BCUT2D eigenvalue weighted by atomic mass is 9.83. The van der Waals surface area contributed by atoms with E-state index in [1.807, 2.05) is 7.05 Å². The summed E-state index contributed by atoms with van der Waals surface area (Å²) in [5.74, 6) is 2.19. The molecule has 5 nitrogen and oxygen atoms in total. The fourth-order valence-corrected chi connectivity index (χ4v) is 2.92. The van der Waals surface area contributed by atoms with Crippen LogP contribution in [-0.2, 0) is 0 Å². The maximum Gasteiger partial charge on any atom is 0.204 e. The zero-order valence-electron chi connectivity index (χ0n) is 12.1. The lowest BCUT2D eigenvalue weighted by Gasteiger charge is -2.28. The SMILES string of the molecule is CCC1(CNc2ncnc(NC)c2OC)CCCC1. The number of methoxy groups -OCH3 is 1. The molecule has 0 atom stereocenters. The molecule has 106 valence electrons. The number of aromatic nitrogens is 2. The monoisotopic (exact) mass is 264 g/mol. The third kappa shape index (κ3) is 2.91. The summed E-state index contributed by atoms with van der Waals surface area (Å²) < 4.78 is 5.40. The highest BCUT2D eigenvalue weighted by Gasteiger charge is 2.32. The molecular formula is C14H24N4O. The highest BCUT2D eigenvalue weighted by molar-refractivity contribution is 5.63. The van der Waals surface area contributed by atoms with Gasteiger partial charge in [0, 0.05) is 13.6 Å². The number of hydrogen-bond acceptors (Lipinski definition) is 5. The molecule has 1 aliphatic carbocycles. The van der Waals surface area contributed by atoms with Crippen molar-refractivity contribution in [2.24, 2.45) is 5.41 Å². The second-order valence-corrected chi connectivity index (χ2v) is 5.27. The minimum Gasteiger partial charge on any atom is -0.490 e. The van der Waals surface area contributed by atoms with Crippen molar-refractivity contribution in [2.75, 3.05) is 31.3 Å². The summed E-state index contributed by atoms with van der Waals surface area (Å²) in [6.07, 6.45) is 8.08. The van der Waals surface area contributed by atoms with E-state index in [0.29, 0.717) is 11.2 Å². The van der Waals surface area contributed by atoms with E-state index in [0.717, 1.165) is 18.2 Å². The summed E-state index contributed by atoms with van der Waals surface area (Å²) >= 11 is 0. The predicted octanol–water partition coefficient (Wildman–Crippen LogP) is 2.91. The van der Waals surface area contributed by atoms with Crippen molar-refractivity contribution in [1.82, 2.24) is 9.97 Å². The van der Waals surface area contributed by atoms with Crippen molar-refractivity contribution in [3.8, 4) is 5.75 Å². The topological polar surface area (TPSA) is 59.1 Å². The first-order valence-electron chi connectivity index (χ1n) is 7.05. The van der Waals surface area contributed by atoms with Crippen LogP contribution < -0.4 is 15.4 Å². The summed E-state index contributed by atoms with van der Waals surface area (Å²) in [6.45, 7) is 3.24. The van der Waals surface area contributed by atoms with Crippen LogP contribution >= 0.6 is 0 Å². The van der Waals surface area contributed by atoms with Gasteiger partial charge >= 0.3 is 0 Å². The van der Waals surface area contributed by atoms with E-state index in [9.17, 15) is 0 Å². The molecule has 0 unspecified atom stereocenters. The summed E-state index contributed by atoms with van der Waals surface area (Å²) in [5.41, 5.74) is 0.426. The molecular weight excluding hydrogens is 240 g/mol. The molecule has 19 heavy (non-hydrogen) atoms. The van der Waals surface area contributed by atoms with Gasteiger partial charge in [-0.25, -0.2) is 9.97 Å². The number of ether oxygens (including phenoxy) is 1. The lowest BCUT2D eigenvalue weighted by Crippen LogP contribution is -2.26. The van der Waals surface area contributed by atoms with Crippen molar-refractivity contribution >= 4 is 11.6 Å². The van der Waals surface area contributed by atoms with Crippen LogP contribution in [0.25, 0.3) is 0 Å². The van der Waals surface area contributed by atoms with Crippen LogP contribution in [0.15, 0.2) is 6.33 Å². The van der Waals surface area contributed by atoms with Gasteiger partial charge in [-0.15, -0.1) is 0 Å². The Hall–Kier alpha value is -1.52. The van der Waals surface area contributed by atoms with Gasteiger partial charge in [-0.1, -0.05) is 19.8 Å². The highest BCUT2D eigenvalue weighted by atomic mass is 16.5. The molecule has 0 bridgehead atoms. The van der Waals surface area contributed by atoms with Gasteiger partial charge in [0.15, 0.2) is 11.6 Å². The molecule has 0 amide bonds. The van der Waals surface area contributed by atoms with E-state index in [4.69, 9.17) is 4.74 Å². The Labute approximate surface area is 115 Å². The quantitative estimate of drug-likeness (QED) is 0.827. The van der Waals surface area contributed by atoms with Gasteiger partial charge in [-0.05, 0) is 24.7 Å². The molecule has 1 fully saturated rings. The number of hydrogen-bond donors (Lipinski definition) is 2. The molecule has 1 aromatic heterocycles. The standard InChI is InChI=1S/C14H24N4O/c1-4-14(7-5-6-8-14)9-16-13-11(19-3)12(15-2)17-10-18-13/h10H,4-9H2,1-3H3,(H2,15,16,17,18). The Morgan fingerprint density at radius 1 is 1.26 bits per heavy atom. The van der Waals surface area contributed by atoms with Crippen LogP contribution in [0.4, 0.5) is 11.6 Å². The van der Waals surface area contributed by atoms with Gasteiger partial charge in [0.25, 0.3) is 0 Å². The third-order valence-corrected chi connectivity index (χ3v) is 4.29. The minimum absolute atomic E-state index is 0.426. The lowest BCUT2D eigenvalue weighted by molar-refractivity contribution is 0.306. The minimum atomic E-state index is 0.426. The predicted molar refractivity (Wildman–Crippen MR) is 77.8 cm³/mol. The molecule has 1 heterocycles. The van der Waals surface area contributed by atoms with E-state index >= 15 is 0 Å². The second kappa shape index (κ2) is 6.08. The van der Waals surface area contributed by atoms with Gasteiger partial charge in [0.2, 0.25) is 5.75 Å². The normalized spacial score (nSPS) is 17.2. The Bertz CT molecular complexity index is 416. The van der Waals surface area contributed by atoms with Gasteiger partial charge in [0.05, 0.1) is 7.11 Å². The molecule has 1 aliphatic rings. The zero-order chi connectivity index (χ0) is 13.7. The fourth-order valence-electron chi connectivity index (χ4n) is 2.92. The Morgan fingerprint density at radius 2 is 1.95 bits per heavy atom. The average molecular weight is 264 g/mol. The molecule has 0 aromatic carbocycles. The molecule has 1 aromatic rings. The van der Waals surface area contributed by atoms with E-state index in [1.165, 1.54) is 32.1 Å². The van der Waals surface area contributed by atoms with Gasteiger partial charge in [-0.2, -0.15) is 0 Å². The Kier molecular flexibility index (Phi) is 4.45. The highest BCUT2D eigenvalue weighted by Crippen LogP contribution is 2.41. The van der Waals surface area contributed by atoms with Gasteiger partial charge in [0.1, 0.15) is 6.33 Å². The number of nitrogens with zero attached hydrogens (tertiary/aromatic N) is 2. The summed E-state index contributed by atoms with van der Waals surface area (Å²) in [5, 5.41) is 6.48. The first kappa shape index (κ1) is 13.9. The Morgan fingerprint density at radius 3 is 2.53 bits per heavy atom. The van der Waals surface area contributed by atoms with Crippen LogP contribution in [0.2, 0.25) is 0 Å². The van der Waals surface area contributed by atoms with Crippen molar-refractivity contribution in [3.63, 3.8) is 0 Å². The number of nitrogens with one attached hydrogen (secondary N) is 2. The van der Waals surface area contributed by atoms with Crippen LogP contribution in [0.5, 0.6) is 5.75 Å². The van der Waals surface area contributed by atoms with E-state index in [-0.39, 0.29) is 0 Å². The van der Waals surface area contributed by atoms with E-state index < -0.39 is 0 Å². The molecule has 2 rings (SSSR count). The maximum absolute atomic E-state index is 5.40. The second-order valence-electron chi connectivity index (χ2n) is 5.27. The smallest absolute Gasteiger partial charge is 0.204 e. The molecule has 0 radical (unpaired) electrons.